The third-order valence-electron chi connectivity index (χ3n) is 2.68. The van der Waals surface area contributed by atoms with E-state index in [1.54, 1.807) is 6.26 Å². The van der Waals surface area contributed by atoms with Gasteiger partial charge >= 0.3 is 0 Å². The second-order valence-corrected chi connectivity index (χ2v) is 3.77. The predicted molar refractivity (Wildman–Crippen MR) is 53.0 cm³/mol. The van der Waals surface area contributed by atoms with Crippen molar-refractivity contribution in [2.75, 3.05) is 13.1 Å². The van der Waals surface area contributed by atoms with Gasteiger partial charge in [0.15, 0.2) is 0 Å². The largest absolute Gasteiger partial charge is 0.469 e. The van der Waals surface area contributed by atoms with E-state index in [1.807, 2.05) is 12.1 Å². The molecule has 1 atom stereocenters. The summed E-state index contributed by atoms with van der Waals surface area (Å²) < 4.78 is 5.15. The van der Waals surface area contributed by atoms with Crippen molar-refractivity contribution in [1.82, 2.24) is 5.32 Å². The Balaban J connectivity index is 1.88. The van der Waals surface area contributed by atoms with Crippen LogP contribution in [0.15, 0.2) is 22.8 Å². The van der Waals surface area contributed by atoms with Crippen LogP contribution >= 0.6 is 0 Å². The molecule has 1 aromatic heterocycles. The molecule has 0 aliphatic carbocycles. The minimum Gasteiger partial charge on any atom is -0.469 e. The molecule has 3 nitrogen and oxygen atoms in total. The number of hydrogen-bond acceptors (Lipinski definition) is 3. The topological polar surface area (TPSA) is 42.2 Å². The van der Waals surface area contributed by atoms with Crippen molar-refractivity contribution in [1.29, 1.82) is 0 Å². The van der Waals surface area contributed by atoms with E-state index < -0.39 is 0 Å². The highest BCUT2D eigenvalue weighted by Crippen LogP contribution is 2.14. The second-order valence-electron chi connectivity index (χ2n) is 3.77. The van der Waals surface area contributed by atoms with Crippen LogP contribution in [-0.4, -0.2) is 18.9 Å². The Morgan fingerprint density at radius 1 is 1.64 bits per heavy atom. The van der Waals surface area contributed by atoms with E-state index in [-0.39, 0.29) is 5.92 Å². The highest BCUT2D eigenvalue weighted by Gasteiger charge is 2.21. The first-order valence-corrected chi connectivity index (χ1v) is 5.12. The number of furan rings is 1. The van der Waals surface area contributed by atoms with Gasteiger partial charge in [-0.15, -0.1) is 0 Å². The summed E-state index contributed by atoms with van der Waals surface area (Å²) in [5.74, 6) is 1.27. The molecule has 0 radical (unpaired) electrons. The lowest BCUT2D eigenvalue weighted by Crippen LogP contribution is -2.35. The lowest BCUT2D eigenvalue weighted by Gasteiger charge is -2.20. The van der Waals surface area contributed by atoms with Gasteiger partial charge in [-0.05, 0) is 31.5 Å². The van der Waals surface area contributed by atoms with Crippen molar-refractivity contribution < 1.29 is 9.21 Å². The molecule has 1 N–H and O–H groups in total. The van der Waals surface area contributed by atoms with Gasteiger partial charge in [0.1, 0.15) is 11.5 Å². The van der Waals surface area contributed by atoms with Gasteiger partial charge in [-0.25, -0.2) is 0 Å². The average molecular weight is 193 g/mol. The quantitative estimate of drug-likeness (QED) is 0.788. The lowest BCUT2D eigenvalue weighted by atomic mass is 9.93. The molecular weight excluding hydrogens is 178 g/mol. The zero-order valence-electron chi connectivity index (χ0n) is 8.16. The summed E-state index contributed by atoms with van der Waals surface area (Å²) in [5.41, 5.74) is 0. The molecule has 3 heteroatoms. The van der Waals surface area contributed by atoms with Crippen LogP contribution in [-0.2, 0) is 11.2 Å². The summed E-state index contributed by atoms with van der Waals surface area (Å²) in [7, 11) is 0. The molecule has 1 saturated heterocycles. The van der Waals surface area contributed by atoms with Crippen molar-refractivity contribution >= 4 is 5.78 Å². The summed E-state index contributed by atoms with van der Waals surface area (Å²) in [6.07, 6.45) is 4.18. The van der Waals surface area contributed by atoms with Gasteiger partial charge in [-0.3, -0.25) is 4.79 Å². The molecule has 1 aliphatic heterocycles. The fourth-order valence-corrected chi connectivity index (χ4v) is 1.86. The van der Waals surface area contributed by atoms with E-state index in [2.05, 4.69) is 5.32 Å². The molecule has 2 heterocycles. The van der Waals surface area contributed by atoms with Crippen LogP contribution < -0.4 is 5.32 Å². The van der Waals surface area contributed by atoms with Gasteiger partial charge in [-0.2, -0.15) is 0 Å². The normalized spacial score (nSPS) is 22.1. The van der Waals surface area contributed by atoms with E-state index in [0.717, 1.165) is 31.7 Å². The Morgan fingerprint density at radius 3 is 3.21 bits per heavy atom. The molecule has 0 aromatic carbocycles. The van der Waals surface area contributed by atoms with Crippen LogP contribution in [0.1, 0.15) is 18.6 Å². The standard InChI is InChI=1S/C11H15NO2/c13-11(7-10-4-2-6-14-10)9-3-1-5-12-8-9/h2,4,6,9,12H,1,3,5,7-8H2. The van der Waals surface area contributed by atoms with Crippen molar-refractivity contribution in [3.63, 3.8) is 0 Å². The minimum absolute atomic E-state index is 0.189. The van der Waals surface area contributed by atoms with E-state index in [1.165, 1.54) is 0 Å². The van der Waals surface area contributed by atoms with Gasteiger partial charge in [0.2, 0.25) is 0 Å². The first kappa shape index (κ1) is 9.46. The van der Waals surface area contributed by atoms with Crippen LogP contribution in [0.5, 0.6) is 0 Å². The molecular formula is C11H15NO2. The van der Waals surface area contributed by atoms with E-state index in [9.17, 15) is 4.79 Å². The number of Topliss-reactive ketones (excluding diaryl/α,β-unsaturated/α-hetero) is 1. The smallest absolute Gasteiger partial charge is 0.144 e. The predicted octanol–water partition coefficient (Wildman–Crippen LogP) is 1.39. The number of hydrogen-bond donors (Lipinski definition) is 1. The molecule has 0 saturated carbocycles. The first-order valence-electron chi connectivity index (χ1n) is 5.12. The summed E-state index contributed by atoms with van der Waals surface area (Å²) >= 11 is 0. The third-order valence-corrected chi connectivity index (χ3v) is 2.68. The number of ketones is 1. The zero-order chi connectivity index (χ0) is 9.80. The van der Waals surface area contributed by atoms with Gasteiger partial charge in [0.25, 0.3) is 0 Å². The van der Waals surface area contributed by atoms with E-state index in [0.29, 0.717) is 12.2 Å². The average Bonchev–Trinajstić information content (AvgIpc) is 2.72. The zero-order valence-corrected chi connectivity index (χ0v) is 8.16. The van der Waals surface area contributed by atoms with Crippen LogP contribution in [0.3, 0.4) is 0 Å². The molecule has 0 bridgehead atoms. The second kappa shape index (κ2) is 4.42. The Morgan fingerprint density at radius 2 is 2.57 bits per heavy atom. The Labute approximate surface area is 83.5 Å². The lowest BCUT2D eigenvalue weighted by molar-refractivity contribution is -0.122. The molecule has 0 spiro atoms. The number of carbonyl (C=O) groups excluding carboxylic acids is 1. The SMILES string of the molecule is O=C(Cc1ccco1)C1CCCNC1. The number of rotatable bonds is 3. The summed E-state index contributed by atoms with van der Waals surface area (Å²) in [6.45, 7) is 1.88. The summed E-state index contributed by atoms with van der Waals surface area (Å²) in [4.78, 5) is 11.8. The minimum atomic E-state index is 0.189. The van der Waals surface area contributed by atoms with Crippen LogP contribution in [0.2, 0.25) is 0 Å². The highest BCUT2D eigenvalue weighted by molar-refractivity contribution is 5.83. The van der Waals surface area contributed by atoms with Crippen LogP contribution in [0.4, 0.5) is 0 Å². The molecule has 76 valence electrons. The molecule has 1 aromatic rings. The number of piperidine rings is 1. The molecule has 14 heavy (non-hydrogen) atoms. The highest BCUT2D eigenvalue weighted by atomic mass is 16.3. The molecule has 0 amide bonds. The van der Waals surface area contributed by atoms with E-state index >= 15 is 0 Å². The van der Waals surface area contributed by atoms with Crippen molar-refractivity contribution in [3.05, 3.63) is 24.2 Å². The maximum Gasteiger partial charge on any atom is 0.144 e. The van der Waals surface area contributed by atoms with Gasteiger partial charge in [0.05, 0.1) is 12.7 Å². The monoisotopic (exact) mass is 193 g/mol. The Bertz CT molecular complexity index is 286. The summed E-state index contributed by atoms with van der Waals surface area (Å²) in [5, 5.41) is 3.24. The molecule has 1 fully saturated rings. The fourth-order valence-electron chi connectivity index (χ4n) is 1.86. The molecule has 2 rings (SSSR count). The molecule has 1 aliphatic rings. The van der Waals surface area contributed by atoms with Crippen molar-refractivity contribution in [2.24, 2.45) is 5.92 Å². The fraction of sp³-hybridized carbons (Fsp3) is 0.545. The first-order chi connectivity index (χ1) is 6.86. The van der Waals surface area contributed by atoms with Crippen LogP contribution in [0, 0.1) is 5.92 Å². The number of nitrogens with one attached hydrogen (secondary N) is 1. The molecule has 1 unspecified atom stereocenters. The number of carbonyl (C=O) groups is 1. The summed E-state index contributed by atoms with van der Waals surface area (Å²) in [6, 6.07) is 3.68. The third kappa shape index (κ3) is 2.23. The van der Waals surface area contributed by atoms with E-state index in [4.69, 9.17) is 4.42 Å². The maximum atomic E-state index is 11.8. The Hall–Kier alpha value is -1.09. The van der Waals surface area contributed by atoms with Crippen LogP contribution in [0.25, 0.3) is 0 Å². The van der Waals surface area contributed by atoms with Gasteiger partial charge in [0, 0.05) is 12.5 Å². The van der Waals surface area contributed by atoms with Gasteiger partial charge in [-0.1, -0.05) is 0 Å². The Kier molecular flexibility index (Phi) is 2.99. The van der Waals surface area contributed by atoms with Gasteiger partial charge < -0.3 is 9.73 Å². The maximum absolute atomic E-state index is 11.8. The van der Waals surface area contributed by atoms with Crippen molar-refractivity contribution in [2.45, 2.75) is 19.3 Å². The van der Waals surface area contributed by atoms with Crippen molar-refractivity contribution in [3.8, 4) is 0 Å².